The second-order valence-corrected chi connectivity index (χ2v) is 12.4. The molecule has 1 aromatic carbocycles. The molecule has 1 aromatic rings. The number of carbonyl (C=O) groups is 1. The minimum atomic E-state index is 0.0153. The number of hydrogen-bond acceptors (Lipinski definition) is 3. The van der Waals surface area contributed by atoms with Crippen molar-refractivity contribution in [3.05, 3.63) is 34.3 Å². The molecule has 32 heavy (non-hydrogen) atoms. The number of piperidine rings is 1. The molecular weight excluding hydrogens is 418 g/mol. The molecule has 1 amide bonds. The molecule has 2 N–H and O–H groups in total. The molecule has 5 aliphatic carbocycles. The van der Waals surface area contributed by atoms with Crippen LogP contribution < -0.4 is 10.6 Å². The second-order valence-electron chi connectivity index (χ2n) is 12.0. The minimum absolute atomic E-state index is 0.0153. The molecule has 3 atom stereocenters. The second kappa shape index (κ2) is 8.29. The fraction of sp³-hybridized carbons (Fsp3) is 0.741. The van der Waals surface area contributed by atoms with Crippen molar-refractivity contribution in [1.82, 2.24) is 15.5 Å². The number of rotatable bonds is 6. The lowest BCUT2D eigenvalue weighted by molar-refractivity contribution is -0.0503. The average molecular weight is 456 g/mol. The molecule has 7 rings (SSSR count). The van der Waals surface area contributed by atoms with Crippen LogP contribution in [0.4, 0.5) is 0 Å². The third kappa shape index (κ3) is 3.91. The standard InChI is InChI=1S/C27H38ClN3O/c1-29-25-21-3-4-22(25)15-31(14-21)13-17-2-5-24(28)23(9-17)26(32)30-16-27-10-18-6-19(11-27)8-20(7-18)12-27/h2,5,9,18-22,25,29H,3-4,6-8,10-16H2,1H3,(H,30,32)/t18?,19?,20?,21-,22+,25?,27?. The number of carbonyl (C=O) groups excluding carboxylic acids is 1. The first-order valence-corrected chi connectivity index (χ1v) is 13.3. The SMILES string of the molecule is CNC1[C@@H]2CC[C@H]1CN(Cc1ccc(Cl)c(C(=O)NCC34CC5CC(CC(C5)C3)C4)c1)C2. The molecule has 1 aliphatic heterocycles. The van der Waals surface area contributed by atoms with Gasteiger partial charge in [-0.1, -0.05) is 17.7 Å². The Bertz CT molecular complexity index is 836. The first-order chi connectivity index (χ1) is 15.5. The van der Waals surface area contributed by atoms with Gasteiger partial charge in [0.1, 0.15) is 0 Å². The highest BCUT2D eigenvalue weighted by Gasteiger charge is 2.50. The number of nitrogens with zero attached hydrogens (tertiary/aromatic N) is 1. The maximum Gasteiger partial charge on any atom is 0.252 e. The van der Waals surface area contributed by atoms with Gasteiger partial charge in [0.05, 0.1) is 10.6 Å². The fourth-order valence-electron chi connectivity index (χ4n) is 8.89. The lowest BCUT2D eigenvalue weighted by atomic mass is 9.49. The van der Waals surface area contributed by atoms with Crippen molar-refractivity contribution in [3.8, 4) is 0 Å². The molecule has 6 bridgehead atoms. The molecule has 4 nitrogen and oxygen atoms in total. The van der Waals surface area contributed by atoms with E-state index in [2.05, 4.69) is 28.6 Å². The predicted molar refractivity (Wildman–Crippen MR) is 129 cm³/mol. The summed E-state index contributed by atoms with van der Waals surface area (Å²) < 4.78 is 0. The summed E-state index contributed by atoms with van der Waals surface area (Å²) in [5.41, 5.74) is 2.21. The molecule has 0 aromatic heterocycles. The van der Waals surface area contributed by atoms with Gasteiger partial charge in [0.2, 0.25) is 0 Å². The van der Waals surface area contributed by atoms with Gasteiger partial charge in [-0.05, 0) is 111 Å². The summed E-state index contributed by atoms with van der Waals surface area (Å²) in [5.74, 6) is 4.26. The first-order valence-electron chi connectivity index (χ1n) is 13.0. The Balaban J connectivity index is 1.10. The lowest BCUT2D eigenvalue weighted by Gasteiger charge is -2.56. The largest absolute Gasteiger partial charge is 0.351 e. The summed E-state index contributed by atoms with van der Waals surface area (Å²) in [7, 11) is 2.11. The van der Waals surface area contributed by atoms with Crippen LogP contribution in [0, 0.1) is 35.0 Å². The summed E-state index contributed by atoms with van der Waals surface area (Å²) in [6, 6.07) is 6.75. The number of amides is 1. The topological polar surface area (TPSA) is 44.4 Å². The monoisotopic (exact) mass is 455 g/mol. The Morgan fingerprint density at radius 3 is 2.28 bits per heavy atom. The van der Waals surface area contributed by atoms with Gasteiger partial charge in [-0.15, -0.1) is 0 Å². The number of likely N-dealkylation sites (tertiary alicyclic amines) is 1. The quantitative estimate of drug-likeness (QED) is 0.652. The van der Waals surface area contributed by atoms with E-state index in [1.807, 2.05) is 12.1 Å². The van der Waals surface area contributed by atoms with Gasteiger partial charge < -0.3 is 10.6 Å². The van der Waals surface area contributed by atoms with Crippen LogP contribution in [-0.4, -0.2) is 43.5 Å². The number of fused-ring (bicyclic) bond motifs is 2. The molecule has 1 saturated heterocycles. The molecular formula is C27H38ClN3O. The van der Waals surface area contributed by atoms with Crippen LogP contribution >= 0.6 is 11.6 Å². The van der Waals surface area contributed by atoms with Crippen LogP contribution in [-0.2, 0) is 6.54 Å². The van der Waals surface area contributed by atoms with Gasteiger partial charge in [-0.25, -0.2) is 0 Å². The van der Waals surface area contributed by atoms with Crippen LogP contribution in [0.3, 0.4) is 0 Å². The first kappa shape index (κ1) is 21.4. The van der Waals surface area contributed by atoms with Crippen molar-refractivity contribution in [3.63, 3.8) is 0 Å². The number of hydrogen-bond donors (Lipinski definition) is 2. The Morgan fingerprint density at radius 2 is 1.69 bits per heavy atom. The van der Waals surface area contributed by atoms with Gasteiger partial charge >= 0.3 is 0 Å². The van der Waals surface area contributed by atoms with Gasteiger partial charge in [0.15, 0.2) is 0 Å². The summed E-state index contributed by atoms with van der Waals surface area (Å²) in [6.07, 6.45) is 10.9. The molecule has 5 heteroatoms. The molecule has 5 saturated carbocycles. The Labute approximate surface area is 197 Å². The van der Waals surface area contributed by atoms with Crippen molar-refractivity contribution < 1.29 is 4.79 Å². The zero-order valence-electron chi connectivity index (χ0n) is 19.4. The Hall–Kier alpha value is -1.10. The number of benzene rings is 1. The van der Waals surface area contributed by atoms with Crippen molar-refractivity contribution in [1.29, 1.82) is 0 Å². The molecule has 6 fully saturated rings. The van der Waals surface area contributed by atoms with Crippen LogP contribution in [0.15, 0.2) is 18.2 Å². The van der Waals surface area contributed by atoms with Crippen molar-refractivity contribution in [2.75, 3.05) is 26.7 Å². The van der Waals surface area contributed by atoms with Gasteiger partial charge in [0.25, 0.3) is 5.91 Å². The molecule has 0 spiro atoms. The Morgan fingerprint density at radius 1 is 1.06 bits per heavy atom. The van der Waals surface area contributed by atoms with E-state index in [4.69, 9.17) is 11.6 Å². The highest BCUT2D eigenvalue weighted by molar-refractivity contribution is 6.33. The molecule has 6 aliphatic rings. The van der Waals surface area contributed by atoms with Crippen LogP contribution in [0.5, 0.6) is 0 Å². The van der Waals surface area contributed by atoms with E-state index in [1.54, 1.807) is 0 Å². The number of nitrogens with one attached hydrogen (secondary N) is 2. The molecule has 174 valence electrons. The van der Waals surface area contributed by atoms with E-state index in [0.29, 0.717) is 22.0 Å². The summed E-state index contributed by atoms with van der Waals surface area (Å²) >= 11 is 6.50. The minimum Gasteiger partial charge on any atom is -0.351 e. The number of halogens is 1. The van der Waals surface area contributed by atoms with E-state index in [1.165, 1.54) is 56.9 Å². The van der Waals surface area contributed by atoms with E-state index < -0.39 is 0 Å². The summed E-state index contributed by atoms with van der Waals surface area (Å²) in [5, 5.41) is 7.44. The third-order valence-electron chi connectivity index (χ3n) is 9.71. The normalized spacial score (nSPS) is 40.1. The van der Waals surface area contributed by atoms with Gasteiger partial charge in [-0.2, -0.15) is 0 Å². The van der Waals surface area contributed by atoms with Gasteiger partial charge in [-0.3, -0.25) is 9.69 Å². The summed E-state index contributed by atoms with van der Waals surface area (Å²) in [6.45, 7) is 4.04. The highest BCUT2D eigenvalue weighted by atomic mass is 35.5. The highest BCUT2D eigenvalue weighted by Crippen LogP contribution is 2.59. The third-order valence-corrected chi connectivity index (χ3v) is 10.0. The summed E-state index contributed by atoms with van der Waals surface area (Å²) in [4.78, 5) is 15.8. The van der Waals surface area contributed by atoms with Crippen LogP contribution in [0.1, 0.15) is 67.3 Å². The zero-order chi connectivity index (χ0) is 21.9. The van der Waals surface area contributed by atoms with E-state index in [9.17, 15) is 4.79 Å². The van der Waals surface area contributed by atoms with Crippen LogP contribution in [0.25, 0.3) is 0 Å². The van der Waals surface area contributed by atoms with Gasteiger partial charge in [0, 0.05) is 32.2 Å². The maximum absolute atomic E-state index is 13.2. The predicted octanol–water partition coefficient (Wildman–Crippen LogP) is 4.72. The maximum atomic E-state index is 13.2. The van der Waals surface area contributed by atoms with Crippen molar-refractivity contribution in [2.24, 2.45) is 35.0 Å². The van der Waals surface area contributed by atoms with Crippen molar-refractivity contribution >= 4 is 17.5 Å². The van der Waals surface area contributed by atoms with Crippen LogP contribution in [0.2, 0.25) is 5.02 Å². The smallest absolute Gasteiger partial charge is 0.252 e. The zero-order valence-corrected chi connectivity index (χ0v) is 20.2. The average Bonchev–Trinajstić information content (AvgIpc) is 3.01. The van der Waals surface area contributed by atoms with E-state index in [-0.39, 0.29) is 5.91 Å². The molecule has 1 unspecified atom stereocenters. The molecule has 1 heterocycles. The van der Waals surface area contributed by atoms with E-state index >= 15 is 0 Å². The lowest BCUT2D eigenvalue weighted by Crippen LogP contribution is -2.51. The van der Waals surface area contributed by atoms with E-state index in [0.717, 1.165) is 55.8 Å². The molecule has 0 radical (unpaired) electrons. The van der Waals surface area contributed by atoms with Crippen molar-refractivity contribution in [2.45, 2.75) is 64.0 Å². The fourth-order valence-corrected chi connectivity index (χ4v) is 9.10. The Kier molecular flexibility index (Phi) is 5.55.